The molecule has 0 aliphatic heterocycles. The van der Waals surface area contributed by atoms with Crippen LogP contribution in [0.2, 0.25) is 4.34 Å². The number of nitrogen functional groups attached to an aromatic ring is 1. The molecule has 2 aromatic rings. The first-order chi connectivity index (χ1) is 7.65. The van der Waals surface area contributed by atoms with Crippen LogP contribution < -0.4 is 10.5 Å². The maximum absolute atomic E-state index is 5.84. The third-order valence-corrected chi connectivity index (χ3v) is 3.37. The number of aryl methyl sites for hydroxylation is 1. The van der Waals surface area contributed by atoms with Crippen molar-refractivity contribution in [2.24, 2.45) is 0 Å². The van der Waals surface area contributed by atoms with E-state index in [-0.39, 0.29) is 0 Å². The first-order valence-corrected chi connectivity index (χ1v) is 6.08. The van der Waals surface area contributed by atoms with Crippen molar-refractivity contribution in [2.45, 2.75) is 13.5 Å². The molecule has 84 valence electrons. The number of anilines is 1. The molecule has 2 nitrogen and oxygen atoms in total. The van der Waals surface area contributed by atoms with Crippen molar-refractivity contribution >= 4 is 28.6 Å². The van der Waals surface area contributed by atoms with E-state index in [4.69, 9.17) is 22.1 Å². The molecule has 0 bridgehead atoms. The Bertz CT molecular complexity index is 496. The van der Waals surface area contributed by atoms with E-state index in [0.29, 0.717) is 12.3 Å². The van der Waals surface area contributed by atoms with Crippen molar-refractivity contribution in [1.29, 1.82) is 0 Å². The smallest absolute Gasteiger partial charge is 0.142 e. The van der Waals surface area contributed by atoms with Crippen LogP contribution in [0.15, 0.2) is 30.3 Å². The van der Waals surface area contributed by atoms with Crippen LogP contribution in [0, 0.1) is 6.92 Å². The lowest BCUT2D eigenvalue weighted by molar-refractivity contribution is 0.311. The number of halogens is 1. The number of hydrogen-bond acceptors (Lipinski definition) is 3. The monoisotopic (exact) mass is 253 g/mol. The lowest BCUT2D eigenvalue weighted by Gasteiger charge is -2.08. The second-order valence-electron chi connectivity index (χ2n) is 3.54. The number of ether oxygens (including phenoxy) is 1. The minimum atomic E-state index is 0.505. The molecule has 2 rings (SSSR count). The molecule has 1 aromatic heterocycles. The van der Waals surface area contributed by atoms with E-state index >= 15 is 0 Å². The molecule has 4 heteroatoms. The van der Waals surface area contributed by atoms with Crippen LogP contribution in [-0.2, 0) is 6.61 Å². The van der Waals surface area contributed by atoms with Crippen LogP contribution >= 0.6 is 22.9 Å². The topological polar surface area (TPSA) is 35.2 Å². The summed E-state index contributed by atoms with van der Waals surface area (Å²) in [4.78, 5) is 1.09. The van der Waals surface area contributed by atoms with Gasteiger partial charge >= 0.3 is 0 Å². The molecule has 0 radical (unpaired) electrons. The van der Waals surface area contributed by atoms with Gasteiger partial charge in [0.25, 0.3) is 0 Å². The van der Waals surface area contributed by atoms with Crippen LogP contribution in [0.25, 0.3) is 0 Å². The van der Waals surface area contributed by atoms with Crippen LogP contribution in [0.3, 0.4) is 0 Å². The summed E-state index contributed by atoms with van der Waals surface area (Å²) in [6, 6.07) is 9.59. The zero-order valence-corrected chi connectivity index (χ0v) is 10.4. The van der Waals surface area contributed by atoms with Gasteiger partial charge in [0.05, 0.1) is 10.0 Å². The van der Waals surface area contributed by atoms with E-state index in [2.05, 4.69) is 0 Å². The Morgan fingerprint density at radius 2 is 2.12 bits per heavy atom. The second kappa shape index (κ2) is 4.76. The molecule has 0 aliphatic rings. The highest BCUT2D eigenvalue weighted by Crippen LogP contribution is 2.26. The quantitative estimate of drug-likeness (QED) is 0.843. The molecule has 0 saturated carbocycles. The largest absolute Gasteiger partial charge is 0.486 e. The summed E-state index contributed by atoms with van der Waals surface area (Å²) in [5, 5.41) is 0. The number of benzene rings is 1. The van der Waals surface area contributed by atoms with E-state index < -0.39 is 0 Å². The van der Waals surface area contributed by atoms with Crippen LogP contribution in [0.1, 0.15) is 10.4 Å². The average Bonchev–Trinajstić information content (AvgIpc) is 2.63. The predicted molar refractivity (Wildman–Crippen MR) is 69.3 cm³/mol. The van der Waals surface area contributed by atoms with E-state index in [1.54, 1.807) is 0 Å². The van der Waals surface area contributed by atoms with Gasteiger partial charge in [0.2, 0.25) is 0 Å². The predicted octanol–water partition coefficient (Wildman–Crippen LogP) is 3.87. The molecule has 2 N–H and O–H groups in total. The summed E-state index contributed by atoms with van der Waals surface area (Å²) < 4.78 is 6.39. The number of rotatable bonds is 3. The minimum Gasteiger partial charge on any atom is -0.486 e. The van der Waals surface area contributed by atoms with E-state index in [1.165, 1.54) is 11.3 Å². The second-order valence-corrected chi connectivity index (χ2v) is 5.34. The third kappa shape index (κ3) is 2.68. The molecule has 16 heavy (non-hydrogen) atoms. The summed E-state index contributed by atoms with van der Waals surface area (Å²) in [5.41, 5.74) is 7.64. The fraction of sp³-hybridized carbons (Fsp3) is 0.167. The molecule has 1 aromatic carbocycles. The zero-order chi connectivity index (χ0) is 11.5. The first-order valence-electron chi connectivity index (χ1n) is 4.88. The van der Waals surface area contributed by atoms with Crippen molar-refractivity contribution in [1.82, 2.24) is 0 Å². The molecule has 0 amide bonds. The highest BCUT2D eigenvalue weighted by molar-refractivity contribution is 7.16. The maximum atomic E-state index is 5.84. The summed E-state index contributed by atoms with van der Waals surface area (Å²) in [5.74, 6) is 0.718. The van der Waals surface area contributed by atoms with Gasteiger partial charge < -0.3 is 10.5 Å². The number of nitrogens with two attached hydrogens (primary N) is 1. The van der Waals surface area contributed by atoms with Crippen molar-refractivity contribution < 1.29 is 4.74 Å². The molecule has 0 unspecified atom stereocenters. The summed E-state index contributed by atoms with van der Waals surface area (Å²) in [7, 11) is 0. The van der Waals surface area contributed by atoms with Crippen molar-refractivity contribution in [3.63, 3.8) is 0 Å². The SMILES string of the molecule is Cc1ccc(OCc2ccc(Cl)s2)c(N)c1. The highest BCUT2D eigenvalue weighted by atomic mass is 35.5. The molecular weight excluding hydrogens is 242 g/mol. The highest BCUT2D eigenvalue weighted by Gasteiger charge is 2.02. The Morgan fingerprint density at radius 3 is 2.75 bits per heavy atom. The molecule has 0 saturated heterocycles. The van der Waals surface area contributed by atoms with Crippen LogP contribution in [0.5, 0.6) is 5.75 Å². The normalized spacial score (nSPS) is 10.4. The van der Waals surface area contributed by atoms with Crippen molar-refractivity contribution in [3.8, 4) is 5.75 Å². The van der Waals surface area contributed by atoms with Gasteiger partial charge in [-0.3, -0.25) is 0 Å². The van der Waals surface area contributed by atoms with Gasteiger partial charge in [0.15, 0.2) is 0 Å². The third-order valence-electron chi connectivity index (χ3n) is 2.16. The first kappa shape index (κ1) is 11.3. The standard InChI is InChI=1S/C12H12ClNOS/c1-8-2-4-11(10(14)6-8)15-7-9-3-5-12(13)16-9/h2-6H,7,14H2,1H3. The van der Waals surface area contributed by atoms with E-state index in [0.717, 1.165) is 20.5 Å². The van der Waals surface area contributed by atoms with Gasteiger partial charge in [-0.1, -0.05) is 17.7 Å². The van der Waals surface area contributed by atoms with E-state index in [1.807, 2.05) is 37.3 Å². The number of hydrogen-bond donors (Lipinski definition) is 1. The van der Waals surface area contributed by atoms with Crippen LogP contribution in [0.4, 0.5) is 5.69 Å². The molecule has 0 spiro atoms. The van der Waals surface area contributed by atoms with Gasteiger partial charge in [0, 0.05) is 4.88 Å². The Hall–Kier alpha value is -1.19. The molecule has 1 heterocycles. The maximum Gasteiger partial charge on any atom is 0.142 e. The summed E-state index contributed by atoms with van der Waals surface area (Å²) in [6.07, 6.45) is 0. The van der Waals surface area contributed by atoms with E-state index in [9.17, 15) is 0 Å². The Kier molecular flexibility index (Phi) is 3.36. The van der Waals surface area contributed by atoms with Gasteiger partial charge in [-0.2, -0.15) is 0 Å². The van der Waals surface area contributed by atoms with Crippen molar-refractivity contribution in [3.05, 3.63) is 45.1 Å². The lowest BCUT2D eigenvalue weighted by atomic mass is 10.2. The molecule has 0 aliphatic carbocycles. The van der Waals surface area contributed by atoms with Crippen molar-refractivity contribution in [2.75, 3.05) is 5.73 Å². The fourth-order valence-electron chi connectivity index (χ4n) is 1.38. The molecular formula is C12H12ClNOS. The van der Waals surface area contributed by atoms with Gasteiger partial charge in [0.1, 0.15) is 12.4 Å². The molecule has 0 fully saturated rings. The Morgan fingerprint density at radius 1 is 1.31 bits per heavy atom. The number of thiophene rings is 1. The minimum absolute atomic E-state index is 0.505. The summed E-state index contributed by atoms with van der Waals surface area (Å²) >= 11 is 7.35. The summed E-state index contributed by atoms with van der Waals surface area (Å²) in [6.45, 7) is 2.50. The Labute approximate surface area is 104 Å². The lowest BCUT2D eigenvalue weighted by Crippen LogP contribution is -1.97. The average molecular weight is 254 g/mol. The fourth-order valence-corrected chi connectivity index (χ4v) is 2.38. The van der Waals surface area contributed by atoms with Gasteiger partial charge in [-0.25, -0.2) is 0 Å². The van der Waals surface area contributed by atoms with Gasteiger partial charge in [-0.05, 0) is 36.8 Å². The van der Waals surface area contributed by atoms with Crippen LogP contribution in [-0.4, -0.2) is 0 Å². The Balaban J connectivity index is 2.04. The van der Waals surface area contributed by atoms with Gasteiger partial charge in [-0.15, -0.1) is 11.3 Å². The zero-order valence-electron chi connectivity index (χ0n) is 8.87. The molecule has 0 atom stereocenters.